The average molecular weight is 305 g/mol. The topological polar surface area (TPSA) is 27.7 Å². The van der Waals surface area contributed by atoms with E-state index in [0.717, 1.165) is 44.4 Å². The Labute approximate surface area is 135 Å². The minimum absolute atomic E-state index is 0.849. The first-order chi connectivity index (χ1) is 10.6. The largest absolute Gasteiger partial charge is 0.495 e. The molecular weight excluding hydrogens is 274 g/mol. The number of ether oxygens (including phenoxy) is 1. The van der Waals surface area contributed by atoms with Gasteiger partial charge in [-0.05, 0) is 50.6 Å². The van der Waals surface area contributed by atoms with Crippen LogP contribution in [0.3, 0.4) is 0 Å². The highest BCUT2D eigenvalue weighted by Crippen LogP contribution is 2.32. The lowest BCUT2D eigenvalue weighted by atomic mass is 9.98. The van der Waals surface area contributed by atoms with E-state index in [1.807, 2.05) is 0 Å². The van der Waals surface area contributed by atoms with E-state index in [4.69, 9.17) is 4.74 Å². The van der Waals surface area contributed by atoms with Gasteiger partial charge in [0.25, 0.3) is 0 Å². The molecule has 0 aromatic heterocycles. The van der Waals surface area contributed by atoms with E-state index in [1.54, 1.807) is 7.11 Å². The molecule has 0 amide bonds. The zero-order valence-corrected chi connectivity index (χ0v) is 14.6. The van der Waals surface area contributed by atoms with E-state index in [1.165, 1.54) is 24.1 Å². The van der Waals surface area contributed by atoms with Gasteiger partial charge < -0.3 is 19.9 Å². The maximum Gasteiger partial charge on any atom is 0.142 e. The first-order valence-electron chi connectivity index (χ1n) is 8.37. The third kappa shape index (κ3) is 4.89. The first-order valence-corrected chi connectivity index (χ1v) is 8.37. The second-order valence-corrected chi connectivity index (χ2v) is 6.66. The van der Waals surface area contributed by atoms with E-state index in [9.17, 15) is 0 Å². The van der Waals surface area contributed by atoms with Crippen LogP contribution in [0.5, 0.6) is 5.75 Å². The summed E-state index contributed by atoms with van der Waals surface area (Å²) in [5.41, 5.74) is 2.52. The minimum Gasteiger partial charge on any atom is -0.495 e. The van der Waals surface area contributed by atoms with Crippen LogP contribution in [-0.2, 0) is 6.54 Å². The third-order valence-electron chi connectivity index (χ3n) is 4.43. The van der Waals surface area contributed by atoms with Crippen LogP contribution in [0.25, 0.3) is 0 Å². The van der Waals surface area contributed by atoms with Crippen LogP contribution in [0.1, 0.15) is 25.3 Å². The number of nitrogens with one attached hydrogen (secondary N) is 1. The highest BCUT2D eigenvalue weighted by molar-refractivity contribution is 5.60. The number of hydrogen-bond acceptors (Lipinski definition) is 4. The van der Waals surface area contributed by atoms with Gasteiger partial charge in [0.05, 0.1) is 12.8 Å². The number of anilines is 1. The van der Waals surface area contributed by atoms with Crippen LogP contribution < -0.4 is 15.0 Å². The number of nitrogens with zero attached hydrogens (tertiary/aromatic N) is 2. The summed E-state index contributed by atoms with van der Waals surface area (Å²) in [6, 6.07) is 6.62. The van der Waals surface area contributed by atoms with Crippen molar-refractivity contribution in [3.05, 3.63) is 23.8 Å². The van der Waals surface area contributed by atoms with Gasteiger partial charge >= 0.3 is 0 Å². The number of rotatable bonds is 7. The maximum absolute atomic E-state index is 5.63. The van der Waals surface area contributed by atoms with Crippen molar-refractivity contribution in [1.82, 2.24) is 10.2 Å². The molecule has 2 rings (SSSR count). The average Bonchev–Trinajstić information content (AvgIpc) is 2.52. The second kappa shape index (κ2) is 8.39. The molecule has 0 aliphatic carbocycles. The van der Waals surface area contributed by atoms with Gasteiger partial charge in [0.2, 0.25) is 0 Å². The summed E-state index contributed by atoms with van der Waals surface area (Å²) >= 11 is 0. The Bertz CT molecular complexity index is 454. The van der Waals surface area contributed by atoms with Crippen molar-refractivity contribution in [3.8, 4) is 5.75 Å². The van der Waals surface area contributed by atoms with Crippen molar-refractivity contribution in [1.29, 1.82) is 0 Å². The lowest BCUT2D eigenvalue weighted by Gasteiger charge is -2.33. The van der Waals surface area contributed by atoms with Crippen molar-refractivity contribution in [3.63, 3.8) is 0 Å². The lowest BCUT2D eigenvalue weighted by Crippen LogP contribution is -2.33. The van der Waals surface area contributed by atoms with E-state index in [-0.39, 0.29) is 0 Å². The van der Waals surface area contributed by atoms with Gasteiger partial charge in [-0.2, -0.15) is 0 Å². The molecule has 0 spiro atoms. The Kier molecular flexibility index (Phi) is 6.52. The SMILES string of the molecule is COc1cc(CNCCN(C)C)ccc1N1CCC(C)CC1. The molecule has 1 saturated heterocycles. The second-order valence-electron chi connectivity index (χ2n) is 6.66. The van der Waals surface area contributed by atoms with Gasteiger partial charge in [-0.25, -0.2) is 0 Å². The molecule has 4 heteroatoms. The molecule has 22 heavy (non-hydrogen) atoms. The Hall–Kier alpha value is -1.26. The number of benzene rings is 1. The molecule has 1 aromatic rings. The molecule has 1 aliphatic heterocycles. The van der Waals surface area contributed by atoms with Crippen molar-refractivity contribution < 1.29 is 4.74 Å². The fourth-order valence-corrected chi connectivity index (χ4v) is 2.88. The normalized spacial score (nSPS) is 16.3. The van der Waals surface area contributed by atoms with Crippen LogP contribution in [0.15, 0.2) is 18.2 Å². The van der Waals surface area contributed by atoms with Gasteiger partial charge in [0.1, 0.15) is 5.75 Å². The number of likely N-dealkylation sites (N-methyl/N-ethyl adjacent to an activating group) is 1. The van der Waals surface area contributed by atoms with Crippen molar-refractivity contribution >= 4 is 5.69 Å². The van der Waals surface area contributed by atoms with Crippen molar-refractivity contribution in [2.45, 2.75) is 26.3 Å². The number of piperidine rings is 1. The summed E-state index contributed by atoms with van der Waals surface area (Å²) < 4.78 is 5.63. The van der Waals surface area contributed by atoms with Crippen LogP contribution >= 0.6 is 0 Å². The molecule has 1 aromatic carbocycles. The molecule has 0 saturated carbocycles. The Balaban J connectivity index is 1.95. The quantitative estimate of drug-likeness (QED) is 0.784. The molecule has 1 heterocycles. The van der Waals surface area contributed by atoms with Crippen LogP contribution in [0, 0.1) is 5.92 Å². The molecular formula is C18H31N3O. The van der Waals surface area contributed by atoms with Crippen molar-refractivity contribution in [2.24, 2.45) is 5.92 Å². The van der Waals surface area contributed by atoms with Gasteiger partial charge in [0, 0.05) is 32.7 Å². The molecule has 124 valence electrons. The predicted octanol–water partition coefficient (Wildman–Crippen LogP) is 2.58. The fourth-order valence-electron chi connectivity index (χ4n) is 2.88. The van der Waals surface area contributed by atoms with E-state index < -0.39 is 0 Å². The molecule has 4 nitrogen and oxygen atoms in total. The molecule has 0 unspecified atom stereocenters. The summed E-state index contributed by atoms with van der Waals surface area (Å²) in [6.45, 7) is 7.57. The summed E-state index contributed by atoms with van der Waals surface area (Å²) in [4.78, 5) is 4.65. The zero-order valence-electron chi connectivity index (χ0n) is 14.6. The predicted molar refractivity (Wildman–Crippen MR) is 93.9 cm³/mol. The first kappa shape index (κ1) is 17.1. The van der Waals surface area contributed by atoms with E-state index in [2.05, 4.69) is 54.3 Å². The summed E-state index contributed by atoms with van der Waals surface area (Å²) in [6.07, 6.45) is 2.55. The smallest absolute Gasteiger partial charge is 0.142 e. The number of hydrogen-bond donors (Lipinski definition) is 1. The fraction of sp³-hybridized carbons (Fsp3) is 0.667. The Morgan fingerprint density at radius 2 is 2.00 bits per heavy atom. The third-order valence-corrected chi connectivity index (χ3v) is 4.43. The van der Waals surface area contributed by atoms with Crippen molar-refractivity contribution in [2.75, 3.05) is 52.3 Å². The summed E-state index contributed by atoms with van der Waals surface area (Å²) in [5, 5.41) is 3.48. The Morgan fingerprint density at radius 1 is 1.27 bits per heavy atom. The lowest BCUT2D eigenvalue weighted by molar-refractivity contribution is 0.398. The minimum atomic E-state index is 0.849. The van der Waals surface area contributed by atoms with Gasteiger partial charge in [-0.3, -0.25) is 0 Å². The molecule has 0 radical (unpaired) electrons. The highest BCUT2D eigenvalue weighted by Gasteiger charge is 2.18. The zero-order chi connectivity index (χ0) is 15.9. The molecule has 1 N–H and O–H groups in total. The summed E-state index contributed by atoms with van der Waals surface area (Å²) in [7, 11) is 5.96. The number of methoxy groups -OCH3 is 1. The van der Waals surface area contributed by atoms with Gasteiger partial charge in [-0.1, -0.05) is 13.0 Å². The Morgan fingerprint density at radius 3 is 2.64 bits per heavy atom. The van der Waals surface area contributed by atoms with Crippen LogP contribution in [0.4, 0.5) is 5.69 Å². The van der Waals surface area contributed by atoms with Crippen LogP contribution in [-0.4, -0.2) is 52.3 Å². The molecule has 1 fully saturated rings. The molecule has 0 atom stereocenters. The van der Waals surface area contributed by atoms with E-state index >= 15 is 0 Å². The monoisotopic (exact) mass is 305 g/mol. The van der Waals surface area contributed by atoms with E-state index in [0.29, 0.717) is 0 Å². The molecule has 1 aliphatic rings. The van der Waals surface area contributed by atoms with Crippen LogP contribution in [0.2, 0.25) is 0 Å². The molecule has 0 bridgehead atoms. The standard InChI is InChI=1S/C18H31N3O/c1-15-7-10-21(11-8-15)17-6-5-16(13-18(17)22-4)14-19-9-12-20(2)3/h5-6,13,15,19H,7-12,14H2,1-4H3. The summed E-state index contributed by atoms with van der Waals surface area (Å²) in [5.74, 6) is 1.85. The van der Waals surface area contributed by atoms with Gasteiger partial charge in [0.15, 0.2) is 0 Å². The maximum atomic E-state index is 5.63. The highest BCUT2D eigenvalue weighted by atomic mass is 16.5. The van der Waals surface area contributed by atoms with Gasteiger partial charge in [-0.15, -0.1) is 0 Å².